The molecule has 1 amide bonds. The number of benzene rings is 2. The molecule has 0 bridgehead atoms. The van der Waals surface area contributed by atoms with Gasteiger partial charge < -0.3 is 19.9 Å². The van der Waals surface area contributed by atoms with E-state index in [1.54, 1.807) is 7.11 Å². The van der Waals surface area contributed by atoms with E-state index in [1.807, 2.05) is 48.7 Å². The smallest absolute Gasteiger partial charge is 0.252 e. The Balaban J connectivity index is 0.000000555. The predicted octanol–water partition coefficient (Wildman–Crippen LogP) is 6.21. The highest BCUT2D eigenvalue weighted by Crippen LogP contribution is 2.49. The SMILES string of the molecule is CN1C=CC1.COc1ccc(C)c(C(=O)NC2(c3cc(-c4ccc(CN(C)C)s4)cc4ncccc34)CC2)c1. The van der Waals surface area contributed by atoms with Crippen molar-refractivity contribution in [3.05, 3.63) is 94.6 Å². The molecule has 7 heteroatoms. The minimum atomic E-state index is -0.381. The molecule has 0 unspecified atom stereocenters. The van der Waals surface area contributed by atoms with Gasteiger partial charge >= 0.3 is 0 Å². The van der Waals surface area contributed by atoms with Crippen LogP contribution in [0.4, 0.5) is 0 Å². The molecule has 3 heterocycles. The van der Waals surface area contributed by atoms with Crippen molar-refractivity contribution in [1.82, 2.24) is 20.1 Å². The van der Waals surface area contributed by atoms with Crippen molar-refractivity contribution in [3.8, 4) is 16.2 Å². The number of rotatable bonds is 7. The van der Waals surface area contributed by atoms with Crippen LogP contribution in [0.3, 0.4) is 0 Å². The molecular formula is C32H36N4O2S. The maximum atomic E-state index is 13.4. The summed E-state index contributed by atoms with van der Waals surface area (Å²) in [5.41, 5.74) is 4.44. The second kappa shape index (κ2) is 11.2. The molecule has 39 heavy (non-hydrogen) atoms. The number of aromatic nitrogens is 1. The summed E-state index contributed by atoms with van der Waals surface area (Å²) in [7, 11) is 7.84. The number of hydrogen-bond acceptors (Lipinski definition) is 6. The highest BCUT2D eigenvalue weighted by Gasteiger charge is 2.47. The third kappa shape index (κ3) is 6.00. The van der Waals surface area contributed by atoms with Crippen molar-refractivity contribution in [3.63, 3.8) is 0 Å². The molecule has 202 valence electrons. The van der Waals surface area contributed by atoms with Crippen LogP contribution < -0.4 is 10.1 Å². The molecule has 6 rings (SSSR count). The molecule has 0 radical (unpaired) electrons. The second-order valence-electron chi connectivity index (χ2n) is 10.6. The van der Waals surface area contributed by atoms with Crippen LogP contribution in [0.15, 0.2) is 73.1 Å². The molecule has 1 saturated carbocycles. The minimum absolute atomic E-state index is 0.0688. The first kappa shape index (κ1) is 26.9. The molecule has 2 aliphatic rings. The quantitative estimate of drug-likeness (QED) is 0.302. The topological polar surface area (TPSA) is 57.7 Å². The van der Waals surface area contributed by atoms with E-state index in [9.17, 15) is 4.79 Å². The Morgan fingerprint density at radius 3 is 2.56 bits per heavy atom. The lowest BCUT2D eigenvalue weighted by atomic mass is 9.95. The summed E-state index contributed by atoms with van der Waals surface area (Å²) < 4.78 is 5.35. The molecular weight excluding hydrogens is 504 g/mol. The van der Waals surface area contributed by atoms with Crippen molar-refractivity contribution >= 4 is 28.1 Å². The fourth-order valence-electron chi connectivity index (χ4n) is 4.81. The number of aryl methyl sites for hydroxylation is 1. The van der Waals surface area contributed by atoms with Gasteiger partial charge in [0.05, 0.1) is 18.2 Å². The number of methoxy groups -OCH3 is 1. The van der Waals surface area contributed by atoms with Crippen LogP contribution >= 0.6 is 11.3 Å². The van der Waals surface area contributed by atoms with Crippen LogP contribution in [0.25, 0.3) is 21.3 Å². The lowest BCUT2D eigenvalue weighted by molar-refractivity contribution is 0.0930. The maximum Gasteiger partial charge on any atom is 0.252 e. The molecule has 0 saturated heterocycles. The van der Waals surface area contributed by atoms with Crippen molar-refractivity contribution < 1.29 is 9.53 Å². The molecule has 1 N–H and O–H groups in total. The van der Waals surface area contributed by atoms with Gasteiger partial charge in [0.2, 0.25) is 0 Å². The fourth-order valence-corrected chi connectivity index (χ4v) is 5.92. The van der Waals surface area contributed by atoms with Crippen molar-refractivity contribution in [2.24, 2.45) is 0 Å². The molecule has 1 aliphatic carbocycles. The van der Waals surface area contributed by atoms with Gasteiger partial charge in [-0.25, -0.2) is 0 Å². The van der Waals surface area contributed by atoms with Gasteiger partial charge in [0.15, 0.2) is 0 Å². The van der Waals surface area contributed by atoms with Crippen LogP contribution in [0.1, 0.15) is 39.2 Å². The zero-order valence-corrected chi connectivity index (χ0v) is 24.1. The molecule has 0 atom stereocenters. The zero-order valence-electron chi connectivity index (χ0n) is 23.3. The minimum Gasteiger partial charge on any atom is -0.497 e. The summed E-state index contributed by atoms with van der Waals surface area (Å²) in [6.07, 6.45) is 7.83. The van der Waals surface area contributed by atoms with Crippen molar-refractivity contribution in [1.29, 1.82) is 0 Å². The second-order valence-corrected chi connectivity index (χ2v) is 11.8. The van der Waals surface area contributed by atoms with Gasteiger partial charge in [-0.05, 0) is 105 Å². The summed E-state index contributed by atoms with van der Waals surface area (Å²) in [5, 5.41) is 4.46. The number of thiophene rings is 1. The number of hydrogen-bond donors (Lipinski definition) is 1. The summed E-state index contributed by atoms with van der Waals surface area (Å²) in [6, 6.07) is 18.5. The van der Waals surface area contributed by atoms with E-state index in [4.69, 9.17) is 4.74 Å². The monoisotopic (exact) mass is 540 g/mol. The van der Waals surface area contributed by atoms with E-state index >= 15 is 0 Å². The third-order valence-electron chi connectivity index (χ3n) is 7.20. The van der Waals surface area contributed by atoms with E-state index in [0.29, 0.717) is 11.3 Å². The highest BCUT2D eigenvalue weighted by molar-refractivity contribution is 7.15. The number of amides is 1. The highest BCUT2D eigenvalue weighted by atomic mass is 32.1. The molecule has 2 aromatic heterocycles. The van der Waals surface area contributed by atoms with Gasteiger partial charge in [-0.15, -0.1) is 11.3 Å². The summed E-state index contributed by atoms with van der Waals surface area (Å²) >= 11 is 1.81. The van der Waals surface area contributed by atoms with E-state index in [2.05, 4.69) is 83.9 Å². The lowest BCUT2D eigenvalue weighted by Gasteiger charge is -2.22. The Labute approximate surface area is 234 Å². The average molecular weight is 541 g/mol. The Bertz CT molecular complexity index is 1520. The molecule has 6 nitrogen and oxygen atoms in total. The first-order valence-electron chi connectivity index (χ1n) is 13.2. The Hall–Kier alpha value is -3.68. The van der Waals surface area contributed by atoms with E-state index in [0.717, 1.165) is 53.5 Å². The number of carbonyl (C=O) groups is 1. The standard InChI is InChI=1S/C28H29N3O2S.C4H7N/c1-18-7-8-20(33-4)16-23(18)27(32)30-28(11-12-28)24-14-19(15-25-22(24)6-5-13-29-25)26-10-9-21(34-26)17-31(2)3;1-5-3-2-4-5/h5-10,13-16H,11-12,17H2,1-4H3,(H,30,32);2-3H,4H2,1H3. The number of carbonyl (C=O) groups excluding carboxylic acids is 1. The van der Waals surface area contributed by atoms with Crippen molar-refractivity contribution in [2.75, 3.05) is 34.8 Å². The van der Waals surface area contributed by atoms with Crippen LogP contribution in [-0.4, -0.2) is 55.5 Å². The largest absolute Gasteiger partial charge is 0.497 e. The average Bonchev–Trinajstić information content (AvgIpc) is 3.54. The molecule has 2 aromatic carbocycles. The van der Waals surface area contributed by atoms with Gasteiger partial charge in [0, 0.05) is 47.0 Å². The van der Waals surface area contributed by atoms with Crippen molar-refractivity contribution in [2.45, 2.75) is 31.8 Å². The van der Waals surface area contributed by atoms with Crippen LogP contribution in [0.2, 0.25) is 0 Å². The first-order valence-corrected chi connectivity index (χ1v) is 14.1. The number of nitrogens with zero attached hydrogens (tertiary/aromatic N) is 3. The van der Waals surface area contributed by atoms with Crippen LogP contribution in [0.5, 0.6) is 5.75 Å². The Kier molecular flexibility index (Phi) is 7.73. The van der Waals surface area contributed by atoms with Gasteiger partial charge in [-0.3, -0.25) is 9.78 Å². The number of nitrogens with one attached hydrogen (secondary N) is 1. The number of likely N-dealkylation sites (N-methyl/N-ethyl adjacent to an activating group) is 1. The Morgan fingerprint density at radius 2 is 1.92 bits per heavy atom. The first-order chi connectivity index (χ1) is 18.8. The fraction of sp³-hybridized carbons (Fsp3) is 0.312. The molecule has 1 aliphatic heterocycles. The van der Waals surface area contributed by atoms with Crippen LogP contribution in [0, 0.1) is 6.92 Å². The van der Waals surface area contributed by atoms with Gasteiger partial charge in [-0.1, -0.05) is 12.1 Å². The van der Waals surface area contributed by atoms with Crippen LogP contribution in [-0.2, 0) is 12.1 Å². The number of pyridine rings is 1. The van der Waals surface area contributed by atoms with E-state index < -0.39 is 0 Å². The van der Waals surface area contributed by atoms with Gasteiger partial charge in [0.1, 0.15) is 5.75 Å². The van der Waals surface area contributed by atoms with Gasteiger partial charge in [-0.2, -0.15) is 0 Å². The summed E-state index contributed by atoms with van der Waals surface area (Å²) in [6.45, 7) is 4.01. The summed E-state index contributed by atoms with van der Waals surface area (Å²) in [4.78, 5) is 24.9. The number of fused-ring (bicyclic) bond motifs is 1. The normalized spacial score (nSPS) is 15.0. The maximum absolute atomic E-state index is 13.4. The summed E-state index contributed by atoms with van der Waals surface area (Å²) in [5.74, 6) is 0.615. The zero-order chi connectivity index (χ0) is 27.6. The van der Waals surface area contributed by atoms with Gasteiger partial charge in [0.25, 0.3) is 5.91 Å². The van der Waals surface area contributed by atoms with E-state index in [1.165, 1.54) is 9.75 Å². The predicted molar refractivity (Wildman–Crippen MR) is 160 cm³/mol. The Morgan fingerprint density at radius 1 is 1.15 bits per heavy atom. The lowest BCUT2D eigenvalue weighted by Crippen LogP contribution is -2.35. The molecule has 0 spiro atoms. The molecule has 4 aromatic rings. The van der Waals surface area contributed by atoms with E-state index in [-0.39, 0.29) is 11.4 Å². The third-order valence-corrected chi connectivity index (χ3v) is 8.32. The number of ether oxygens (including phenoxy) is 1. The molecule has 1 fully saturated rings.